The van der Waals surface area contributed by atoms with Gasteiger partial charge in [-0.15, -0.1) is 11.3 Å². The number of nitrogens with one attached hydrogen (secondary N) is 2. The molecule has 1 aliphatic heterocycles. The summed E-state index contributed by atoms with van der Waals surface area (Å²) in [5.74, 6) is 0.306. The smallest absolute Gasteiger partial charge is 0.229 e. The maximum atomic E-state index is 12.6. The number of nitrogens with zero attached hydrogens (tertiary/aromatic N) is 1. The second-order valence-electron chi connectivity index (χ2n) is 7.19. The van der Waals surface area contributed by atoms with Crippen LogP contribution in [0.4, 0.5) is 5.13 Å². The molecule has 1 saturated heterocycles. The van der Waals surface area contributed by atoms with Crippen molar-refractivity contribution in [1.82, 2.24) is 10.3 Å². The fourth-order valence-corrected chi connectivity index (χ4v) is 5.08. The Labute approximate surface area is 157 Å². The number of piperidine rings is 1. The number of carbonyl (C=O) groups is 1. The highest BCUT2D eigenvalue weighted by Gasteiger charge is 2.57. The molecule has 1 atom stereocenters. The SMILES string of the molecule is Cc1nc(NC(=O)C2CC23CCNCC3)sc1Cc1cccc(Cl)c1. The average Bonchev–Trinajstić information content (AvgIpc) is 3.16. The van der Waals surface area contributed by atoms with Crippen LogP contribution in [0.1, 0.15) is 35.4 Å². The van der Waals surface area contributed by atoms with Crippen LogP contribution in [0.3, 0.4) is 0 Å². The maximum absolute atomic E-state index is 12.6. The number of aryl methyl sites for hydroxylation is 1. The van der Waals surface area contributed by atoms with E-state index >= 15 is 0 Å². The predicted molar refractivity (Wildman–Crippen MR) is 102 cm³/mol. The highest BCUT2D eigenvalue weighted by Crippen LogP contribution is 2.58. The van der Waals surface area contributed by atoms with Crippen molar-refractivity contribution in [2.45, 2.75) is 32.6 Å². The van der Waals surface area contributed by atoms with Crippen molar-refractivity contribution in [2.75, 3.05) is 18.4 Å². The molecule has 1 amide bonds. The van der Waals surface area contributed by atoms with Gasteiger partial charge in [-0.2, -0.15) is 0 Å². The largest absolute Gasteiger partial charge is 0.317 e. The van der Waals surface area contributed by atoms with Crippen molar-refractivity contribution in [3.05, 3.63) is 45.4 Å². The molecule has 1 aromatic carbocycles. The maximum Gasteiger partial charge on any atom is 0.229 e. The van der Waals surface area contributed by atoms with Gasteiger partial charge in [0.1, 0.15) is 0 Å². The first-order chi connectivity index (χ1) is 12.1. The number of hydrogen-bond donors (Lipinski definition) is 2. The molecule has 0 radical (unpaired) electrons. The molecule has 6 heteroatoms. The third kappa shape index (κ3) is 3.59. The molecule has 1 aromatic heterocycles. The zero-order chi connectivity index (χ0) is 17.4. The van der Waals surface area contributed by atoms with Crippen LogP contribution in [0.5, 0.6) is 0 Å². The summed E-state index contributed by atoms with van der Waals surface area (Å²) in [6, 6.07) is 7.88. The van der Waals surface area contributed by atoms with Gasteiger partial charge in [-0.1, -0.05) is 23.7 Å². The molecule has 1 unspecified atom stereocenters. The predicted octanol–water partition coefficient (Wildman–Crippen LogP) is 4.02. The summed E-state index contributed by atoms with van der Waals surface area (Å²) in [5.41, 5.74) is 2.39. The molecule has 1 saturated carbocycles. The zero-order valence-corrected chi connectivity index (χ0v) is 15.8. The highest BCUT2D eigenvalue weighted by atomic mass is 35.5. The lowest BCUT2D eigenvalue weighted by atomic mass is 9.92. The number of carbonyl (C=O) groups excluding carboxylic acids is 1. The number of anilines is 1. The van der Waals surface area contributed by atoms with Crippen molar-refractivity contribution >= 4 is 34.0 Å². The summed E-state index contributed by atoms with van der Waals surface area (Å²) in [6.45, 7) is 4.06. The van der Waals surface area contributed by atoms with E-state index in [2.05, 4.69) is 21.7 Å². The van der Waals surface area contributed by atoms with E-state index in [0.29, 0.717) is 0 Å². The minimum Gasteiger partial charge on any atom is -0.317 e. The standard InChI is InChI=1S/C19H22ClN3OS/c1-12-16(10-13-3-2-4-14(20)9-13)25-18(22-12)23-17(24)15-11-19(15)5-7-21-8-6-19/h2-4,9,15,21H,5-8,10-11H2,1H3,(H,22,23,24). The van der Waals surface area contributed by atoms with Crippen molar-refractivity contribution in [3.63, 3.8) is 0 Å². The summed E-state index contributed by atoms with van der Waals surface area (Å²) in [5, 5.41) is 7.89. The summed E-state index contributed by atoms with van der Waals surface area (Å²) < 4.78 is 0. The monoisotopic (exact) mass is 375 g/mol. The van der Waals surface area contributed by atoms with Crippen molar-refractivity contribution in [1.29, 1.82) is 0 Å². The molecule has 25 heavy (non-hydrogen) atoms. The minimum absolute atomic E-state index is 0.143. The molecular formula is C19H22ClN3OS. The van der Waals surface area contributed by atoms with Gasteiger partial charge in [0.2, 0.25) is 5.91 Å². The molecular weight excluding hydrogens is 354 g/mol. The first kappa shape index (κ1) is 17.0. The van der Waals surface area contributed by atoms with Crippen molar-refractivity contribution < 1.29 is 4.79 Å². The van der Waals surface area contributed by atoms with Crippen LogP contribution >= 0.6 is 22.9 Å². The first-order valence-electron chi connectivity index (χ1n) is 8.78. The van der Waals surface area contributed by atoms with Gasteiger partial charge in [-0.05, 0) is 62.4 Å². The number of halogens is 1. The Hall–Kier alpha value is -1.43. The van der Waals surface area contributed by atoms with Gasteiger partial charge in [-0.25, -0.2) is 4.98 Å². The van der Waals surface area contributed by atoms with Crippen LogP contribution in [0.15, 0.2) is 24.3 Å². The average molecular weight is 376 g/mol. The Bertz CT molecular complexity index is 798. The lowest BCUT2D eigenvalue weighted by Crippen LogP contribution is -2.31. The van der Waals surface area contributed by atoms with Gasteiger partial charge >= 0.3 is 0 Å². The van der Waals surface area contributed by atoms with E-state index in [1.54, 1.807) is 11.3 Å². The van der Waals surface area contributed by atoms with E-state index in [1.165, 1.54) is 4.88 Å². The van der Waals surface area contributed by atoms with Gasteiger partial charge in [0.15, 0.2) is 5.13 Å². The summed E-state index contributed by atoms with van der Waals surface area (Å²) in [6.07, 6.45) is 4.04. The van der Waals surface area contributed by atoms with Gasteiger partial charge in [-0.3, -0.25) is 4.79 Å². The van der Waals surface area contributed by atoms with Crippen LogP contribution in [0.25, 0.3) is 0 Å². The van der Waals surface area contributed by atoms with E-state index in [0.717, 1.165) is 60.2 Å². The fourth-order valence-electron chi connectivity index (χ4n) is 3.87. The molecule has 2 aromatic rings. The van der Waals surface area contributed by atoms with Crippen LogP contribution < -0.4 is 10.6 Å². The van der Waals surface area contributed by atoms with Gasteiger partial charge in [0.05, 0.1) is 5.69 Å². The Morgan fingerprint density at radius 1 is 1.44 bits per heavy atom. The molecule has 1 aliphatic carbocycles. The Balaban J connectivity index is 1.41. The molecule has 132 valence electrons. The Morgan fingerprint density at radius 3 is 3.00 bits per heavy atom. The van der Waals surface area contributed by atoms with Crippen molar-refractivity contribution in [3.8, 4) is 0 Å². The summed E-state index contributed by atoms with van der Waals surface area (Å²) >= 11 is 7.63. The minimum atomic E-state index is 0.143. The molecule has 0 bridgehead atoms. The Kier molecular flexibility index (Phi) is 4.56. The second-order valence-corrected chi connectivity index (χ2v) is 8.71. The zero-order valence-electron chi connectivity index (χ0n) is 14.3. The molecule has 4 nitrogen and oxygen atoms in total. The van der Waals surface area contributed by atoms with Crippen LogP contribution in [0.2, 0.25) is 5.02 Å². The summed E-state index contributed by atoms with van der Waals surface area (Å²) in [7, 11) is 0. The van der Waals surface area contributed by atoms with Crippen molar-refractivity contribution in [2.24, 2.45) is 11.3 Å². The molecule has 4 rings (SSSR count). The van der Waals surface area contributed by atoms with Crippen LogP contribution in [0, 0.1) is 18.3 Å². The number of aromatic nitrogens is 1. The lowest BCUT2D eigenvalue weighted by molar-refractivity contribution is -0.118. The normalized spacial score (nSPS) is 21.3. The number of hydrogen-bond acceptors (Lipinski definition) is 4. The third-order valence-corrected chi connectivity index (χ3v) is 6.79. The molecule has 2 fully saturated rings. The summed E-state index contributed by atoms with van der Waals surface area (Å²) in [4.78, 5) is 18.3. The van der Waals surface area contributed by atoms with E-state index < -0.39 is 0 Å². The number of benzene rings is 1. The molecule has 2 heterocycles. The topological polar surface area (TPSA) is 54.0 Å². The van der Waals surface area contributed by atoms with Gasteiger partial charge < -0.3 is 10.6 Å². The number of amides is 1. The van der Waals surface area contributed by atoms with E-state index in [1.807, 2.05) is 25.1 Å². The quantitative estimate of drug-likeness (QED) is 0.848. The van der Waals surface area contributed by atoms with Gasteiger partial charge in [0.25, 0.3) is 0 Å². The van der Waals surface area contributed by atoms with E-state index in [-0.39, 0.29) is 17.2 Å². The molecule has 2 aliphatic rings. The van der Waals surface area contributed by atoms with Gasteiger partial charge in [0, 0.05) is 22.2 Å². The first-order valence-corrected chi connectivity index (χ1v) is 9.97. The molecule has 2 N–H and O–H groups in total. The van der Waals surface area contributed by atoms with E-state index in [9.17, 15) is 4.79 Å². The van der Waals surface area contributed by atoms with Crippen LogP contribution in [-0.4, -0.2) is 24.0 Å². The Morgan fingerprint density at radius 2 is 2.24 bits per heavy atom. The fraction of sp³-hybridized carbons (Fsp3) is 0.474. The second kappa shape index (κ2) is 6.71. The number of thiazole rings is 1. The molecule has 1 spiro atoms. The third-order valence-electron chi connectivity index (χ3n) is 5.48. The van der Waals surface area contributed by atoms with Crippen LogP contribution in [-0.2, 0) is 11.2 Å². The number of rotatable bonds is 4. The highest BCUT2D eigenvalue weighted by molar-refractivity contribution is 7.15. The van der Waals surface area contributed by atoms with E-state index in [4.69, 9.17) is 11.6 Å². The lowest BCUT2D eigenvalue weighted by Gasteiger charge is -2.22.